The first-order chi connectivity index (χ1) is 8.69. The maximum absolute atomic E-state index is 11.5. The number of aryl methyl sites for hydroxylation is 1. The van der Waals surface area contributed by atoms with E-state index in [0.717, 1.165) is 15.6 Å². The van der Waals surface area contributed by atoms with Crippen molar-refractivity contribution in [3.8, 4) is 0 Å². The zero-order chi connectivity index (χ0) is 14.6. The number of halogens is 1. The Kier molecular flexibility index (Phi) is 5.38. The number of hydrogen-bond acceptors (Lipinski definition) is 3. The van der Waals surface area contributed by atoms with Gasteiger partial charge in [-0.25, -0.2) is 4.79 Å². The van der Waals surface area contributed by atoms with E-state index in [9.17, 15) is 4.79 Å². The van der Waals surface area contributed by atoms with Crippen LogP contribution in [0.5, 0.6) is 0 Å². The predicted octanol–water partition coefficient (Wildman–Crippen LogP) is 3.28. The predicted molar refractivity (Wildman–Crippen MR) is 80.0 cm³/mol. The van der Waals surface area contributed by atoms with Crippen LogP contribution in [0.2, 0.25) is 0 Å². The third kappa shape index (κ3) is 5.61. The highest BCUT2D eigenvalue weighted by molar-refractivity contribution is 9.10. The van der Waals surface area contributed by atoms with Crippen molar-refractivity contribution in [2.45, 2.75) is 39.3 Å². The fourth-order valence-electron chi connectivity index (χ4n) is 1.55. The molecule has 0 saturated heterocycles. The maximum Gasteiger partial charge on any atom is 0.407 e. The first-order valence-electron chi connectivity index (χ1n) is 6.17. The van der Waals surface area contributed by atoms with E-state index in [1.807, 2.05) is 45.9 Å². The molecule has 1 unspecified atom stereocenters. The SMILES string of the molecule is Cc1ccc(C(N)CNC(=O)OC(C)(C)C)c(Br)c1. The highest BCUT2D eigenvalue weighted by Gasteiger charge is 2.17. The Morgan fingerprint density at radius 1 is 1.47 bits per heavy atom. The number of benzene rings is 1. The zero-order valence-corrected chi connectivity index (χ0v) is 13.4. The number of alkyl carbamates (subject to hydrolysis) is 1. The van der Waals surface area contributed by atoms with E-state index < -0.39 is 11.7 Å². The monoisotopic (exact) mass is 328 g/mol. The molecule has 0 spiro atoms. The Bertz CT molecular complexity index is 455. The van der Waals surface area contributed by atoms with Crippen LogP contribution in [0.25, 0.3) is 0 Å². The van der Waals surface area contributed by atoms with E-state index in [4.69, 9.17) is 10.5 Å². The summed E-state index contributed by atoms with van der Waals surface area (Å²) in [5.41, 5.74) is 7.67. The number of ether oxygens (including phenoxy) is 1. The molecular formula is C14H21BrN2O2. The Balaban J connectivity index is 2.56. The van der Waals surface area contributed by atoms with Crippen LogP contribution in [0.4, 0.5) is 4.79 Å². The molecule has 0 aliphatic heterocycles. The average Bonchev–Trinajstić information content (AvgIpc) is 2.23. The first kappa shape index (κ1) is 16.0. The molecule has 19 heavy (non-hydrogen) atoms. The molecule has 0 aromatic heterocycles. The van der Waals surface area contributed by atoms with Crippen molar-refractivity contribution in [2.24, 2.45) is 5.73 Å². The molecule has 1 atom stereocenters. The van der Waals surface area contributed by atoms with Gasteiger partial charge in [-0.15, -0.1) is 0 Å². The van der Waals surface area contributed by atoms with Crippen molar-refractivity contribution in [3.63, 3.8) is 0 Å². The Hall–Kier alpha value is -1.07. The van der Waals surface area contributed by atoms with Gasteiger partial charge in [0.15, 0.2) is 0 Å². The Labute approximate surface area is 122 Å². The second-order valence-corrected chi connectivity index (χ2v) is 6.37. The average molecular weight is 329 g/mol. The van der Waals surface area contributed by atoms with Gasteiger partial charge in [-0.1, -0.05) is 28.1 Å². The van der Waals surface area contributed by atoms with E-state index in [1.165, 1.54) is 0 Å². The largest absolute Gasteiger partial charge is 0.444 e. The smallest absolute Gasteiger partial charge is 0.407 e. The fourth-order valence-corrected chi connectivity index (χ4v) is 2.34. The standard InChI is InChI=1S/C14H21BrN2O2/c1-9-5-6-10(11(15)7-9)12(16)8-17-13(18)19-14(2,3)4/h5-7,12H,8,16H2,1-4H3,(H,17,18). The molecule has 106 valence electrons. The quantitative estimate of drug-likeness (QED) is 0.894. The molecular weight excluding hydrogens is 308 g/mol. The number of nitrogens with two attached hydrogens (primary N) is 1. The molecule has 1 rings (SSSR count). The third-order valence-electron chi connectivity index (χ3n) is 2.42. The van der Waals surface area contributed by atoms with Crippen LogP contribution < -0.4 is 11.1 Å². The van der Waals surface area contributed by atoms with Crippen LogP contribution in [-0.4, -0.2) is 18.2 Å². The highest BCUT2D eigenvalue weighted by atomic mass is 79.9. The summed E-state index contributed by atoms with van der Waals surface area (Å²) in [5, 5.41) is 2.67. The summed E-state index contributed by atoms with van der Waals surface area (Å²) in [5.74, 6) is 0. The molecule has 0 fully saturated rings. The molecule has 0 aliphatic rings. The number of rotatable bonds is 3. The summed E-state index contributed by atoms with van der Waals surface area (Å²) >= 11 is 3.48. The van der Waals surface area contributed by atoms with Crippen molar-refractivity contribution < 1.29 is 9.53 Å². The minimum absolute atomic E-state index is 0.275. The molecule has 0 saturated carbocycles. The van der Waals surface area contributed by atoms with E-state index >= 15 is 0 Å². The van der Waals surface area contributed by atoms with Gasteiger partial charge in [0.05, 0.1) is 0 Å². The molecule has 4 nitrogen and oxygen atoms in total. The summed E-state index contributed by atoms with van der Waals surface area (Å²) in [6, 6.07) is 5.68. The fraction of sp³-hybridized carbons (Fsp3) is 0.500. The van der Waals surface area contributed by atoms with E-state index in [-0.39, 0.29) is 6.04 Å². The van der Waals surface area contributed by atoms with Crippen LogP contribution in [0.3, 0.4) is 0 Å². The topological polar surface area (TPSA) is 64.3 Å². The number of hydrogen-bond donors (Lipinski definition) is 2. The van der Waals surface area contributed by atoms with Crippen LogP contribution in [0.15, 0.2) is 22.7 Å². The molecule has 1 amide bonds. The molecule has 1 aromatic carbocycles. The van der Waals surface area contributed by atoms with Crippen molar-refractivity contribution in [3.05, 3.63) is 33.8 Å². The Morgan fingerprint density at radius 2 is 2.11 bits per heavy atom. The number of amides is 1. The number of carbonyl (C=O) groups excluding carboxylic acids is 1. The van der Waals surface area contributed by atoms with Crippen molar-refractivity contribution >= 4 is 22.0 Å². The third-order valence-corrected chi connectivity index (χ3v) is 3.11. The van der Waals surface area contributed by atoms with Gasteiger partial charge < -0.3 is 15.8 Å². The Morgan fingerprint density at radius 3 is 2.63 bits per heavy atom. The lowest BCUT2D eigenvalue weighted by atomic mass is 10.1. The van der Waals surface area contributed by atoms with E-state index in [2.05, 4.69) is 21.2 Å². The summed E-state index contributed by atoms with van der Waals surface area (Å²) in [7, 11) is 0. The van der Waals surface area contributed by atoms with Crippen molar-refractivity contribution in [2.75, 3.05) is 6.54 Å². The van der Waals surface area contributed by atoms with Crippen LogP contribution in [0.1, 0.15) is 37.9 Å². The highest BCUT2D eigenvalue weighted by Crippen LogP contribution is 2.23. The molecule has 0 bridgehead atoms. The minimum atomic E-state index is -0.501. The first-order valence-corrected chi connectivity index (χ1v) is 6.97. The van der Waals surface area contributed by atoms with Crippen molar-refractivity contribution in [1.82, 2.24) is 5.32 Å². The molecule has 0 aliphatic carbocycles. The van der Waals surface area contributed by atoms with Gasteiger partial charge in [0.1, 0.15) is 5.60 Å². The number of nitrogens with one attached hydrogen (secondary N) is 1. The van der Waals surface area contributed by atoms with Crippen molar-refractivity contribution in [1.29, 1.82) is 0 Å². The lowest BCUT2D eigenvalue weighted by Crippen LogP contribution is -2.36. The van der Waals surface area contributed by atoms with Gasteiger partial charge in [-0.05, 0) is 44.9 Å². The minimum Gasteiger partial charge on any atom is -0.444 e. The molecule has 5 heteroatoms. The lowest BCUT2D eigenvalue weighted by Gasteiger charge is -2.21. The maximum atomic E-state index is 11.5. The summed E-state index contributed by atoms with van der Waals surface area (Å²) in [6.07, 6.45) is -0.453. The van der Waals surface area contributed by atoms with Gasteiger partial charge in [0, 0.05) is 17.1 Å². The van der Waals surface area contributed by atoms with Crippen LogP contribution >= 0.6 is 15.9 Å². The van der Waals surface area contributed by atoms with E-state index in [1.54, 1.807) is 0 Å². The lowest BCUT2D eigenvalue weighted by molar-refractivity contribution is 0.0524. The number of carbonyl (C=O) groups is 1. The van der Waals surface area contributed by atoms with Crippen LogP contribution in [-0.2, 0) is 4.74 Å². The summed E-state index contributed by atoms with van der Waals surface area (Å²) in [4.78, 5) is 11.5. The second kappa shape index (κ2) is 6.39. The molecule has 3 N–H and O–H groups in total. The summed E-state index contributed by atoms with van der Waals surface area (Å²) < 4.78 is 6.11. The zero-order valence-electron chi connectivity index (χ0n) is 11.8. The van der Waals surface area contributed by atoms with Gasteiger partial charge in [-0.2, -0.15) is 0 Å². The second-order valence-electron chi connectivity index (χ2n) is 5.51. The van der Waals surface area contributed by atoms with Gasteiger partial charge in [0.25, 0.3) is 0 Å². The van der Waals surface area contributed by atoms with Gasteiger partial charge in [-0.3, -0.25) is 0 Å². The summed E-state index contributed by atoms with van der Waals surface area (Å²) in [6.45, 7) is 7.81. The van der Waals surface area contributed by atoms with Gasteiger partial charge in [0.2, 0.25) is 0 Å². The normalized spacial score (nSPS) is 12.9. The molecule has 1 aromatic rings. The molecule has 0 radical (unpaired) electrons. The van der Waals surface area contributed by atoms with Crippen LogP contribution in [0, 0.1) is 6.92 Å². The molecule has 0 heterocycles. The van der Waals surface area contributed by atoms with E-state index in [0.29, 0.717) is 6.54 Å². The van der Waals surface area contributed by atoms with Gasteiger partial charge >= 0.3 is 6.09 Å².